The maximum atomic E-state index is 12.3. The van der Waals surface area contributed by atoms with Gasteiger partial charge in [-0.25, -0.2) is 0 Å². The molecule has 2 aromatic carbocycles. The zero-order valence-corrected chi connectivity index (χ0v) is 27.0. The van der Waals surface area contributed by atoms with Crippen molar-refractivity contribution in [3.63, 3.8) is 0 Å². The van der Waals surface area contributed by atoms with E-state index in [1.807, 2.05) is 12.1 Å². The Labute approximate surface area is 252 Å². The molecule has 0 spiro atoms. The summed E-state index contributed by atoms with van der Waals surface area (Å²) in [6, 6.07) is 20.9. The molecule has 3 rings (SSSR count). The first-order valence-corrected chi connectivity index (χ1v) is 18.5. The van der Waals surface area contributed by atoms with Crippen LogP contribution in [0.3, 0.4) is 0 Å². The fraction of sp³-hybridized carbons (Fsp3) is 0.622. The molecule has 0 aliphatic carbocycles. The van der Waals surface area contributed by atoms with Gasteiger partial charge in [-0.1, -0.05) is 151 Å². The fourth-order valence-electron chi connectivity index (χ4n) is 6.15. The first-order chi connectivity index (χ1) is 20.0. The lowest BCUT2D eigenvalue weighted by Crippen LogP contribution is -2.65. The molecule has 0 aromatic heterocycles. The molecule has 0 amide bonds. The normalized spacial score (nSPS) is 15.8. The summed E-state index contributed by atoms with van der Waals surface area (Å²) in [5.74, 6) is 6.40. The van der Waals surface area contributed by atoms with E-state index in [0.717, 1.165) is 42.7 Å². The van der Waals surface area contributed by atoms with E-state index in [0.29, 0.717) is 6.61 Å². The van der Waals surface area contributed by atoms with Gasteiger partial charge in [-0.15, -0.1) is 5.92 Å². The van der Waals surface area contributed by atoms with Gasteiger partial charge in [0.05, 0.1) is 0 Å². The average molecular weight is 577 g/mol. The molecule has 226 valence electrons. The summed E-state index contributed by atoms with van der Waals surface area (Å²) in [5.41, 5.74) is 0. The van der Waals surface area contributed by atoms with Gasteiger partial charge in [0, 0.05) is 13.0 Å². The minimum absolute atomic E-state index is 0.0231. The van der Waals surface area contributed by atoms with E-state index in [1.165, 1.54) is 83.5 Å². The van der Waals surface area contributed by atoms with Gasteiger partial charge in [-0.05, 0) is 47.5 Å². The summed E-state index contributed by atoms with van der Waals surface area (Å²) in [7, 11) is -2.86. The third-order valence-corrected chi connectivity index (χ3v) is 13.4. The summed E-state index contributed by atoms with van der Waals surface area (Å²) < 4.78 is 11.2. The molecule has 1 aliphatic rings. The summed E-state index contributed by atoms with van der Waals surface area (Å²) >= 11 is 0. The highest BCUT2D eigenvalue weighted by molar-refractivity contribution is 6.98. The van der Waals surface area contributed by atoms with E-state index < -0.39 is 8.32 Å². The Hall–Kier alpha value is -1.90. The molecular formula is C37H56O3Si. The van der Waals surface area contributed by atoms with Crippen molar-refractivity contribution in [3.05, 3.63) is 60.7 Å². The third-order valence-electron chi connectivity index (χ3n) is 8.82. The quantitative estimate of drug-likeness (QED) is 0.103. The van der Waals surface area contributed by atoms with Crippen LogP contribution >= 0.6 is 0 Å². The minimum atomic E-state index is -2.86. The molecule has 1 unspecified atom stereocenters. The van der Waals surface area contributed by atoms with Crippen LogP contribution in [0.5, 0.6) is 0 Å². The van der Waals surface area contributed by atoms with Crippen LogP contribution in [-0.2, 0) is 9.47 Å². The molecule has 1 aliphatic heterocycles. The van der Waals surface area contributed by atoms with E-state index in [4.69, 9.17) is 9.47 Å². The number of ether oxygens (including phenoxy) is 2. The van der Waals surface area contributed by atoms with Crippen molar-refractivity contribution in [1.82, 2.24) is 0 Å². The SMILES string of the molecule is CC(C)(CCCCCCCCCCCCCCC#CCOC1CCCCO1)[Si](O)(c1ccccc1)c1ccccc1. The van der Waals surface area contributed by atoms with Crippen molar-refractivity contribution in [2.45, 2.75) is 134 Å². The summed E-state index contributed by atoms with van der Waals surface area (Å²) in [5, 5.41) is 2.12. The molecule has 1 saturated heterocycles. The lowest BCUT2D eigenvalue weighted by Gasteiger charge is -2.41. The molecule has 2 aromatic rings. The van der Waals surface area contributed by atoms with Crippen LogP contribution in [0.1, 0.15) is 123 Å². The van der Waals surface area contributed by atoms with Crippen LogP contribution in [0.15, 0.2) is 60.7 Å². The fourth-order valence-corrected chi connectivity index (χ4v) is 9.94. The van der Waals surface area contributed by atoms with E-state index in [9.17, 15) is 4.80 Å². The van der Waals surface area contributed by atoms with Crippen molar-refractivity contribution >= 4 is 18.7 Å². The van der Waals surface area contributed by atoms with Gasteiger partial charge >= 0.3 is 0 Å². The molecule has 41 heavy (non-hydrogen) atoms. The van der Waals surface area contributed by atoms with E-state index >= 15 is 0 Å². The second-order valence-corrected chi connectivity index (χ2v) is 16.5. The Morgan fingerprint density at radius 1 is 0.732 bits per heavy atom. The predicted octanol–water partition coefficient (Wildman–Crippen LogP) is 8.53. The second-order valence-electron chi connectivity index (χ2n) is 12.5. The average Bonchev–Trinajstić information content (AvgIpc) is 3.01. The highest BCUT2D eigenvalue weighted by atomic mass is 28.4. The van der Waals surface area contributed by atoms with Gasteiger partial charge in [0.25, 0.3) is 8.32 Å². The topological polar surface area (TPSA) is 38.7 Å². The van der Waals surface area contributed by atoms with E-state index in [-0.39, 0.29) is 11.3 Å². The van der Waals surface area contributed by atoms with E-state index in [1.54, 1.807) is 0 Å². The summed E-state index contributed by atoms with van der Waals surface area (Å²) in [4.78, 5) is 12.3. The molecule has 0 saturated carbocycles. The molecule has 4 heteroatoms. The number of hydrogen-bond donors (Lipinski definition) is 1. The smallest absolute Gasteiger partial charge is 0.258 e. The lowest BCUT2D eigenvalue weighted by molar-refractivity contribution is -0.154. The Bertz CT molecular complexity index is 950. The number of rotatable bonds is 19. The predicted molar refractivity (Wildman–Crippen MR) is 176 cm³/mol. The van der Waals surface area contributed by atoms with Gasteiger partial charge in [0.15, 0.2) is 6.29 Å². The van der Waals surface area contributed by atoms with Gasteiger partial charge in [-0.3, -0.25) is 0 Å². The maximum Gasteiger partial charge on any atom is 0.258 e. The van der Waals surface area contributed by atoms with E-state index in [2.05, 4.69) is 74.2 Å². The third kappa shape index (κ3) is 11.7. The Morgan fingerprint density at radius 3 is 1.76 bits per heavy atom. The minimum Gasteiger partial charge on any atom is -0.424 e. The van der Waals surface area contributed by atoms with Crippen LogP contribution in [0.4, 0.5) is 0 Å². The van der Waals surface area contributed by atoms with Gasteiger partial charge < -0.3 is 14.3 Å². The highest BCUT2D eigenvalue weighted by Gasteiger charge is 2.49. The molecule has 1 fully saturated rings. The standard InChI is InChI=1S/C37H56O3Si/c1-37(2,41(38,34-26-18-16-19-27-34)35-28-20-17-21-29-35)31-23-14-12-10-8-6-4-3-5-7-9-11-13-15-24-32-39-36-30-22-25-33-40-36/h16-21,26-29,36,38H,3-14,22-23,25,30-33H2,1-2H3. The van der Waals surface area contributed by atoms with Crippen LogP contribution in [0.25, 0.3) is 0 Å². The molecular weight excluding hydrogens is 520 g/mol. The number of unbranched alkanes of at least 4 members (excludes halogenated alkanes) is 12. The Morgan fingerprint density at radius 2 is 1.24 bits per heavy atom. The zero-order chi connectivity index (χ0) is 29.1. The summed E-state index contributed by atoms with van der Waals surface area (Å²) in [6.07, 6.45) is 21.2. The highest BCUT2D eigenvalue weighted by Crippen LogP contribution is 2.40. The van der Waals surface area contributed by atoms with Gasteiger partial charge in [0.1, 0.15) is 6.61 Å². The van der Waals surface area contributed by atoms with Crippen LogP contribution in [-0.4, -0.2) is 32.6 Å². The molecule has 0 bridgehead atoms. The lowest BCUT2D eigenvalue weighted by atomic mass is 10.0. The zero-order valence-electron chi connectivity index (χ0n) is 26.0. The second kappa shape index (κ2) is 19.3. The Kier molecular flexibility index (Phi) is 15.8. The van der Waals surface area contributed by atoms with Crippen molar-refractivity contribution in [3.8, 4) is 11.8 Å². The van der Waals surface area contributed by atoms with Gasteiger partial charge in [-0.2, -0.15) is 0 Å². The number of benzene rings is 2. The largest absolute Gasteiger partial charge is 0.424 e. The molecule has 1 heterocycles. The maximum absolute atomic E-state index is 12.3. The van der Waals surface area contributed by atoms with Crippen LogP contribution < -0.4 is 10.4 Å². The van der Waals surface area contributed by atoms with Crippen LogP contribution in [0.2, 0.25) is 5.04 Å². The Balaban J connectivity index is 1.18. The first-order valence-electron chi connectivity index (χ1n) is 16.6. The van der Waals surface area contributed by atoms with Crippen molar-refractivity contribution in [2.75, 3.05) is 13.2 Å². The van der Waals surface area contributed by atoms with Crippen molar-refractivity contribution in [2.24, 2.45) is 0 Å². The van der Waals surface area contributed by atoms with Gasteiger partial charge in [0.2, 0.25) is 0 Å². The first kappa shape index (κ1) is 33.6. The van der Waals surface area contributed by atoms with Crippen LogP contribution in [0, 0.1) is 11.8 Å². The molecule has 0 radical (unpaired) electrons. The summed E-state index contributed by atoms with van der Waals surface area (Å²) in [6.45, 7) is 5.92. The molecule has 1 N–H and O–H groups in total. The number of hydrogen-bond acceptors (Lipinski definition) is 3. The van der Waals surface area contributed by atoms with Crippen molar-refractivity contribution < 1.29 is 14.3 Å². The molecule has 1 atom stereocenters. The molecule has 3 nitrogen and oxygen atoms in total. The van der Waals surface area contributed by atoms with Crippen molar-refractivity contribution in [1.29, 1.82) is 0 Å². The monoisotopic (exact) mass is 576 g/mol.